The normalized spacial score (nSPS) is 37.9. The molecular formula is C28H44O3. The second-order valence-electron chi connectivity index (χ2n) is 11.5. The minimum absolute atomic E-state index is 0.226. The Bertz CT molecular complexity index is 764. The summed E-state index contributed by atoms with van der Waals surface area (Å²) in [6, 6.07) is 0. The van der Waals surface area contributed by atoms with Gasteiger partial charge in [-0.05, 0) is 101 Å². The first-order chi connectivity index (χ1) is 14.3. The molecule has 0 aromatic heterocycles. The summed E-state index contributed by atoms with van der Waals surface area (Å²) in [5, 5.41) is 30.9. The van der Waals surface area contributed by atoms with E-state index in [1.165, 1.54) is 43.3 Å². The number of fused-ring (bicyclic) bond motifs is 1. The highest BCUT2D eigenvalue weighted by Crippen LogP contribution is 2.59. The van der Waals surface area contributed by atoms with Gasteiger partial charge in [-0.3, -0.25) is 0 Å². The van der Waals surface area contributed by atoms with Gasteiger partial charge in [0.1, 0.15) is 5.60 Å². The van der Waals surface area contributed by atoms with E-state index in [9.17, 15) is 15.3 Å². The molecule has 3 N–H and O–H groups in total. The minimum Gasteiger partial charge on any atom is -0.393 e. The zero-order valence-corrected chi connectivity index (χ0v) is 20.3. The molecule has 3 aliphatic rings. The van der Waals surface area contributed by atoms with Crippen LogP contribution in [0.3, 0.4) is 0 Å². The van der Waals surface area contributed by atoms with E-state index < -0.39 is 11.2 Å². The van der Waals surface area contributed by atoms with E-state index in [4.69, 9.17) is 0 Å². The second kappa shape index (κ2) is 9.00. The number of hydrogen-bond acceptors (Lipinski definition) is 3. The van der Waals surface area contributed by atoms with Gasteiger partial charge in [0.05, 0.1) is 11.7 Å². The summed E-state index contributed by atoms with van der Waals surface area (Å²) in [5.74, 6) is 1.54. The van der Waals surface area contributed by atoms with Gasteiger partial charge in [0, 0.05) is 0 Å². The van der Waals surface area contributed by atoms with Crippen LogP contribution in [0.5, 0.6) is 0 Å². The molecule has 0 heterocycles. The molecule has 3 rings (SSSR count). The largest absolute Gasteiger partial charge is 0.393 e. The summed E-state index contributed by atoms with van der Waals surface area (Å²) >= 11 is 0. The molecule has 3 aliphatic carbocycles. The van der Waals surface area contributed by atoms with Crippen LogP contribution in [0.2, 0.25) is 0 Å². The average molecular weight is 429 g/mol. The van der Waals surface area contributed by atoms with Crippen molar-refractivity contribution in [3.8, 4) is 0 Å². The Labute approximate surface area is 189 Å². The third-order valence-electron chi connectivity index (χ3n) is 8.82. The Morgan fingerprint density at radius 1 is 1.10 bits per heavy atom. The lowest BCUT2D eigenvalue weighted by Crippen LogP contribution is -2.46. The van der Waals surface area contributed by atoms with Crippen molar-refractivity contribution in [3.63, 3.8) is 0 Å². The summed E-state index contributed by atoms with van der Waals surface area (Å²) < 4.78 is 0. The summed E-state index contributed by atoms with van der Waals surface area (Å²) in [6.07, 6.45) is 16.8. The van der Waals surface area contributed by atoms with Crippen molar-refractivity contribution in [3.05, 3.63) is 47.6 Å². The summed E-state index contributed by atoms with van der Waals surface area (Å²) in [4.78, 5) is 0. The molecule has 174 valence electrons. The van der Waals surface area contributed by atoms with Crippen LogP contribution in [0.4, 0.5) is 0 Å². The number of aliphatic hydroxyl groups excluding tert-OH is 1. The fraction of sp³-hybridized carbons (Fsp3) is 0.714. The molecule has 0 unspecified atom stereocenters. The number of allylic oxidation sites excluding steroid dienone is 5. The lowest BCUT2D eigenvalue weighted by Gasteiger charge is -2.44. The molecule has 0 spiro atoms. The smallest absolute Gasteiger partial charge is 0.108 e. The van der Waals surface area contributed by atoms with Crippen molar-refractivity contribution in [1.29, 1.82) is 0 Å². The molecule has 3 nitrogen and oxygen atoms in total. The highest BCUT2D eigenvalue weighted by Gasteiger charge is 2.50. The van der Waals surface area contributed by atoms with Gasteiger partial charge in [0.25, 0.3) is 0 Å². The maximum Gasteiger partial charge on any atom is 0.108 e. The lowest BCUT2D eigenvalue weighted by atomic mass is 9.61. The molecule has 0 aromatic carbocycles. The first-order valence-corrected chi connectivity index (χ1v) is 12.2. The number of hydrogen-bond donors (Lipinski definition) is 3. The van der Waals surface area contributed by atoms with Crippen LogP contribution < -0.4 is 0 Å². The molecule has 0 saturated heterocycles. The van der Waals surface area contributed by atoms with Crippen molar-refractivity contribution in [2.45, 2.75) is 103 Å². The van der Waals surface area contributed by atoms with Gasteiger partial charge in [-0.25, -0.2) is 0 Å². The van der Waals surface area contributed by atoms with Crippen LogP contribution in [0.15, 0.2) is 47.6 Å². The fourth-order valence-electron chi connectivity index (χ4n) is 6.22. The van der Waals surface area contributed by atoms with Crippen LogP contribution in [-0.4, -0.2) is 32.6 Å². The Hall–Kier alpha value is -1.16. The van der Waals surface area contributed by atoms with E-state index in [0.717, 1.165) is 19.3 Å². The Kier molecular flexibility index (Phi) is 7.11. The van der Waals surface area contributed by atoms with E-state index in [2.05, 4.69) is 38.7 Å². The predicted molar refractivity (Wildman–Crippen MR) is 129 cm³/mol. The highest BCUT2D eigenvalue weighted by atomic mass is 16.3. The van der Waals surface area contributed by atoms with Crippen molar-refractivity contribution in [2.75, 3.05) is 0 Å². The number of rotatable bonds is 5. The maximum absolute atomic E-state index is 10.6. The Morgan fingerprint density at radius 2 is 1.81 bits per heavy atom. The average Bonchev–Trinajstić information content (AvgIpc) is 3.03. The van der Waals surface area contributed by atoms with Crippen molar-refractivity contribution in [1.82, 2.24) is 0 Å². The first-order valence-electron chi connectivity index (χ1n) is 12.2. The molecular weight excluding hydrogens is 384 g/mol. The topological polar surface area (TPSA) is 60.7 Å². The molecule has 3 heteroatoms. The Morgan fingerprint density at radius 3 is 2.48 bits per heavy atom. The number of aliphatic hydroxyl groups is 3. The van der Waals surface area contributed by atoms with Gasteiger partial charge in [0.2, 0.25) is 0 Å². The molecule has 3 saturated carbocycles. The van der Waals surface area contributed by atoms with Crippen molar-refractivity contribution < 1.29 is 15.3 Å². The standard InChI is InChI=1S/C28H44O3/c1-19-9-12-23(29)18-22(19)11-10-21-8-7-16-27(5)24(13-14-25(21)27)20(2)15-17-28(6,31)26(3,4)30/h10-11,15,17,20,23-25,29-31H,1,7-9,12-14,16,18H2,2-6H3/b17-15+,21-10+,22-11-/t20-,23+,24-,25+,27-,28+/m0/s1. The van der Waals surface area contributed by atoms with E-state index in [1.54, 1.807) is 32.4 Å². The van der Waals surface area contributed by atoms with Crippen LogP contribution in [-0.2, 0) is 0 Å². The monoisotopic (exact) mass is 428 g/mol. The van der Waals surface area contributed by atoms with Crippen LogP contribution >= 0.6 is 0 Å². The molecule has 0 aromatic rings. The van der Waals surface area contributed by atoms with E-state index in [0.29, 0.717) is 17.8 Å². The predicted octanol–water partition coefficient (Wildman–Crippen LogP) is 5.87. The molecule has 31 heavy (non-hydrogen) atoms. The fourth-order valence-corrected chi connectivity index (χ4v) is 6.22. The van der Waals surface area contributed by atoms with Gasteiger partial charge < -0.3 is 15.3 Å². The molecule has 3 fully saturated rings. The van der Waals surface area contributed by atoms with Gasteiger partial charge in [0.15, 0.2) is 0 Å². The maximum atomic E-state index is 10.6. The highest BCUT2D eigenvalue weighted by molar-refractivity contribution is 5.36. The second-order valence-corrected chi connectivity index (χ2v) is 11.5. The quantitative estimate of drug-likeness (QED) is 0.480. The Balaban J connectivity index is 1.77. The van der Waals surface area contributed by atoms with Crippen LogP contribution in [0.25, 0.3) is 0 Å². The van der Waals surface area contributed by atoms with Gasteiger partial charge >= 0.3 is 0 Å². The zero-order chi connectivity index (χ0) is 23.0. The minimum atomic E-state index is -1.24. The third kappa shape index (κ3) is 5.10. The summed E-state index contributed by atoms with van der Waals surface area (Å²) in [7, 11) is 0. The van der Waals surface area contributed by atoms with E-state index in [1.807, 2.05) is 0 Å². The van der Waals surface area contributed by atoms with Crippen LogP contribution in [0.1, 0.15) is 86.0 Å². The molecule has 0 bridgehead atoms. The molecule has 0 aliphatic heterocycles. The van der Waals surface area contributed by atoms with Crippen molar-refractivity contribution >= 4 is 0 Å². The molecule has 0 amide bonds. The molecule has 6 atom stereocenters. The summed E-state index contributed by atoms with van der Waals surface area (Å²) in [6.45, 7) is 13.9. The van der Waals surface area contributed by atoms with Gasteiger partial charge in [-0.2, -0.15) is 0 Å². The van der Waals surface area contributed by atoms with Gasteiger partial charge in [-0.1, -0.05) is 55.9 Å². The zero-order valence-electron chi connectivity index (χ0n) is 20.3. The van der Waals surface area contributed by atoms with Crippen LogP contribution in [0, 0.1) is 23.2 Å². The summed E-state index contributed by atoms with van der Waals surface area (Å²) in [5.41, 5.74) is 1.83. The van der Waals surface area contributed by atoms with E-state index in [-0.39, 0.29) is 11.5 Å². The van der Waals surface area contributed by atoms with E-state index >= 15 is 0 Å². The van der Waals surface area contributed by atoms with Gasteiger partial charge in [-0.15, -0.1) is 0 Å². The molecule has 0 radical (unpaired) electrons. The first kappa shape index (κ1) is 24.5. The SMILES string of the molecule is C=C1CC[C@@H](O)C/C1=C/C=C1\CCC[C@]2(C)[C@@H]1CC[C@H]2[C@@H](C)/C=C/[C@@](C)(O)C(C)(C)O. The lowest BCUT2D eigenvalue weighted by molar-refractivity contribution is -0.0886. The van der Waals surface area contributed by atoms with Crippen molar-refractivity contribution in [2.24, 2.45) is 23.2 Å². The third-order valence-corrected chi connectivity index (χ3v) is 8.82.